The summed E-state index contributed by atoms with van der Waals surface area (Å²) in [5, 5.41) is 9.06. The van der Waals surface area contributed by atoms with Gasteiger partial charge in [0.2, 0.25) is 0 Å². The third-order valence-corrected chi connectivity index (χ3v) is 3.65. The zero-order valence-corrected chi connectivity index (χ0v) is 9.40. The van der Waals surface area contributed by atoms with Gasteiger partial charge in [0, 0.05) is 23.4 Å². The van der Waals surface area contributed by atoms with Crippen molar-refractivity contribution in [2.75, 3.05) is 0 Å². The lowest BCUT2D eigenvalue weighted by molar-refractivity contribution is -0.139. The van der Waals surface area contributed by atoms with Crippen LogP contribution in [0.5, 0.6) is 0 Å². The Morgan fingerprint density at radius 3 is 3.12 bits per heavy atom. The summed E-state index contributed by atoms with van der Waals surface area (Å²) in [6.07, 6.45) is 4.36. The summed E-state index contributed by atoms with van der Waals surface area (Å²) in [4.78, 5) is 11.0. The molecule has 0 fully saturated rings. The third-order valence-electron chi connectivity index (χ3n) is 3.65. The van der Waals surface area contributed by atoms with Gasteiger partial charge in [-0.15, -0.1) is 0 Å². The summed E-state index contributed by atoms with van der Waals surface area (Å²) in [6.45, 7) is 1.88. The molecule has 1 heterocycles. The second-order valence-electron chi connectivity index (χ2n) is 4.63. The maximum Gasteiger partial charge on any atom is 0.304 e. The number of hydrogen-bond donors (Lipinski definition) is 2. The highest BCUT2D eigenvalue weighted by Crippen LogP contribution is 2.42. The Kier molecular flexibility index (Phi) is 2.76. The first-order valence-electron chi connectivity index (χ1n) is 5.60. The summed E-state index contributed by atoms with van der Waals surface area (Å²) < 4.78 is 5.39. The van der Waals surface area contributed by atoms with Gasteiger partial charge < -0.3 is 15.3 Å². The predicted octanol–water partition coefficient (Wildman–Crippen LogP) is 1.68. The number of nitrogens with two attached hydrogens (primary N) is 1. The molecule has 3 N–H and O–H groups in total. The van der Waals surface area contributed by atoms with Crippen LogP contribution >= 0.6 is 0 Å². The fraction of sp³-hybridized carbons (Fsp3) is 0.583. The number of hydrogen-bond acceptors (Lipinski definition) is 3. The maximum absolute atomic E-state index is 11.0. The third kappa shape index (κ3) is 1.63. The van der Waals surface area contributed by atoms with Crippen LogP contribution in [0.1, 0.15) is 37.5 Å². The molecule has 2 atom stereocenters. The Hall–Kier alpha value is -1.29. The molecule has 0 radical (unpaired) electrons. The van der Waals surface area contributed by atoms with Gasteiger partial charge in [-0.3, -0.25) is 4.79 Å². The molecule has 1 aromatic heterocycles. The fourth-order valence-electron chi connectivity index (χ4n) is 2.76. The Labute approximate surface area is 94.4 Å². The number of aliphatic carboxylic acids is 1. The van der Waals surface area contributed by atoms with Crippen molar-refractivity contribution in [1.29, 1.82) is 0 Å². The second-order valence-corrected chi connectivity index (χ2v) is 4.63. The average Bonchev–Trinajstić information content (AvgIpc) is 2.65. The normalized spacial score (nSPS) is 26.1. The van der Waals surface area contributed by atoms with E-state index in [0.29, 0.717) is 0 Å². The maximum atomic E-state index is 11.0. The van der Waals surface area contributed by atoms with Gasteiger partial charge in [-0.2, -0.15) is 0 Å². The molecule has 0 aromatic carbocycles. The lowest BCUT2D eigenvalue weighted by Gasteiger charge is -2.39. The fourth-order valence-corrected chi connectivity index (χ4v) is 2.76. The molecule has 4 heteroatoms. The minimum Gasteiger partial charge on any atom is -0.481 e. The van der Waals surface area contributed by atoms with Crippen molar-refractivity contribution in [2.24, 2.45) is 5.73 Å². The van der Waals surface area contributed by atoms with Crippen LogP contribution in [0.2, 0.25) is 0 Å². The van der Waals surface area contributed by atoms with Gasteiger partial charge in [-0.25, -0.2) is 0 Å². The summed E-state index contributed by atoms with van der Waals surface area (Å²) in [5.74, 6) is 0.108. The molecule has 1 aromatic rings. The van der Waals surface area contributed by atoms with Crippen molar-refractivity contribution in [2.45, 2.75) is 44.1 Å². The molecule has 0 saturated carbocycles. The van der Waals surface area contributed by atoms with Crippen LogP contribution in [0.3, 0.4) is 0 Å². The minimum atomic E-state index is -0.800. The molecule has 0 bridgehead atoms. The molecule has 2 rings (SSSR count). The van der Waals surface area contributed by atoms with E-state index in [1.807, 2.05) is 13.0 Å². The van der Waals surface area contributed by atoms with Gasteiger partial charge >= 0.3 is 5.97 Å². The Bertz CT molecular complexity index is 397. The lowest BCUT2D eigenvalue weighted by Crippen LogP contribution is -2.46. The van der Waals surface area contributed by atoms with Crippen LogP contribution in [0.15, 0.2) is 16.7 Å². The number of carboxylic acids is 1. The van der Waals surface area contributed by atoms with Crippen LogP contribution in [0.4, 0.5) is 0 Å². The Morgan fingerprint density at radius 2 is 2.50 bits per heavy atom. The van der Waals surface area contributed by atoms with Crippen LogP contribution in [0, 0.1) is 0 Å². The summed E-state index contributed by atoms with van der Waals surface area (Å²) >= 11 is 0. The first kappa shape index (κ1) is 11.2. The SMILES string of the molecule is CC(N)C1(CC(=O)O)CCCc2occc21. The van der Waals surface area contributed by atoms with Crippen LogP contribution in [-0.2, 0) is 16.6 Å². The van der Waals surface area contributed by atoms with Gasteiger partial charge in [0.1, 0.15) is 5.76 Å². The standard InChI is InChI=1S/C12H17NO3/c1-8(13)12(7-11(14)15)5-2-3-10-9(12)4-6-16-10/h4,6,8H,2-3,5,7,13H2,1H3,(H,14,15). The van der Waals surface area contributed by atoms with E-state index in [4.69, 9.17) is 15.3 Å². The second kappa shape index (κ2) is 3.94. The highest BCUT2D eigenvalue weighted by Gasteiger charge is 2.42. The van der Waals surface area contributed by atoms with E-state index < -0.39 is 11.4 Å². The molecule has 1 aliphatic carbocycles. The minimum absolute atomic E-state index is 0.0806. The molecular weight excluding hydrogens is 206 g/mol. The van der Waals surface area contributed by atoms with E-state index in [2.05, 4.69) is 0 Å². The lowest BCUT2D eigenvalue weighted by atomic mass is 9.66. The van der Waals surface area contributed by atoms with Crippen molar-refractivity contribution >= 4 is 5.97 Å². The van der Waals surface area contributed by atoms with Gasteiger partial charge in [0.25, 0.3) is 0 Å². The highest BCUT2D eigenvalue weighted by molar-refractivity contribution is 5.69. The van der Waals surface area contributed by atoms with Crippen molar-refractivity contribution < 1.29 is 14.3 Å². The number of furan rings is 1. The quantitative estimate of drug-likeness (QED) is 0.817. The largest absolute Gasteiger partial charge is 0.481 e. The number of rotatable bonds is 3. The molecule has 88 valence electrons. The number of aryl methyl sites for hydroxylation is 1. The predicted molar refractivity (Wildman–Crippen MR) is 59.2 cm³/mol. The van der Waals surface area contributed by atoms with Crippen molar-refractivity contribution in [3.8, 4) is 0 Å². The van der Waals surface area contributed by atoms with Gasteiger partial charge in [-0.1, -0.05) is 0 Å². The highest BCUT2D eigenvalue weighted by atomic mass is 16.4. The van der Waals surface area contributed by atoms with Crippen molar-refractivity contribution in [3.05, 3.63) is 23.7 Å². The zero-order valence-electron chi connectivity index (χ0n) is 9.40. The number of fused-ring (bicyclic) bond motifs is 1. The topological polar surface area (TPSA) is 76.5 Å². The molecule has 2 unspecified atom stereocenters. The van der Waals surface area contributed by atoms with E-state index in [9.17, 15) is 4.79 Å². The van der Waals surface area contributed by atoms with Crippen molar-refractivity contribution in [3.63, 3.8) is 0 Å². The van der Waals surface area contributed by atoms with Crippen molar-refractivity contribution in [1.82, 2.24) is 0 Å². The molecule has 1 aliphatic rings. The summed E-state index contributed by atoms with van der Waals surface area (Å²) in [6, 6.07) is 1.70. The first-order valence-corrected chi connectivity index (χ1v) is 5.60. The molecule has 0 amide bonds. The molecule has 0 saturated heterocycles. The monoisotopic (exact) mass is 223 g/mol. The number of carbonyl (C=O) groups is 1. The van der Waals surface area contributed by atoms with Gasteiger partial charge in [0.05, 0.1) is 12.7 Å². The van der Waals surface area contributed by atoms with E-state index >= 15 is 0 Å². The molecule has 0 spiro atoms. The molecular formula is C12H17NO3. The summed E-state index contributed by atoms with van der Waals surface area (Å²) in [5.41, 5.74) is 6.56. The van der Waals surface area contributed by atoms with E-state index in [1.165, 1.54) is 0 Å². The van der Waals surface area contributed by atoms with E-state index in [0.717, 1.165) is 30.6 Å². The average molecular weight is 223 g/mol. The van der Waals surface area contributed by atoms with Gasteiger partial charge in [0.15, 0.2) is 0 Å². The smallest absolute Gasteiger partial charge is 0.304 e. The van der Waals surface area contributed by atoms with E-state index in [1.54, 1.807) is 6.26 Å². The van der Waals surface area contributed by atoms with Crippen LogP contribution in [-0.4, -0.2) is 17.1 Å². The Balaban J connectivity index is 2.45. The van der Waals surface area contributed by atoms with Gasteiger partial charge in [-0.05, 0) is 25.8 Å². The molecule has 4 nitrogen and oxygen atoms in total. The van der Waals surface area contributed by atoms with E-state index in [-0.39, 0.29) is 12.5 Å². The zero-order chi connectivity index (χ0) is 11.8. The van der Waals surface area contributed by atoms with Crippen LogP contribution < -0.4 is 5.73 Å². The first-order chi connectivity index (χ1) is 7.56. The number of carboxylic acid groups (broad SMARTS) is 1. The summed E-state index contributed by atoms with van der Waals surface area (Å²) in [7, 11) is 0. The molecule has 16 heavy (non-hydrogen) atoms. The van der Waals surface area contributed by atoms with Crippen LogP contribution in [0.25, 0.3) is 0 Å². The Morgan fingerprint density at radius 1 is 1.75 bits per heavy atom. The molecule has 0 aliphatic heterocycles.